The zero-order valence-corrected chi connectivity index (χ0v) is 7.32. The van der Waals surface area contributed by atoms with E-state index in [9.17, 15) is 0 Å². The van der Waals surface area contributed by atoms with Crippen LogP contribution in [0.4, 0.5) is 5.82 Å². The van der Waals surface area contributed by atoms with Crippen LogP contribution in [0, 0.1) is 0 Å². The average molecular weight is 215 g/mol. The van der Waals surface area contributed by atoms with E-state index in [-0.39, 0.29) is 0 Å². The molecule has 50 valence electrons. The highest BCUT2D eigenvalue weighted by Crippen LogP contribution is 2.11. The van der Waals surface area contributed by atoms with Gasteiger partial charge in [0.2, 0.25) is 0 Å². The van der Waals surface area contributed by atoms with Gasteiger partial charge in [0.25, 0.3) is 0 Å². The second-order valence-corrected chi connectivity index (χ2v) is 2.52. The van der Waals surface area contributed by atoms with Gasteiger partial charge in [0.1, 0.15) is 4.60 Å². The van der Waals surface area contributed by atoms with Gasteiger partial charge in [-0.2, -0.15) is 4.99 Å². The van der Waals surface area contributed by atoms with Crippen molar-refractivity contribution in [1.29, 1.82) is 0 Å². The summed E-state index contributed by atoms with van der Waals surface area (Å²) in [6.07, 6.45) is 0. The van der Waals surface area contributed by atoms with E-state index in [1.54, 1.807) is 6.07 Å². The summed E-state index contributed by atoms with van der Waals surface area (Å²) in [5.74, 6) is 0.573. The van der Waals surface area contributed by atoms with Gasteiger partial charge < -0.3 is 0 Å². The third-order valence-electron chi connectivity index (χ3n) is 0.861. The highest BCUT2D eigenvalue weighted by molar-refractivity contribution is 9.10. The van der Waals surface area contributed by atoms with Crippen molar-refractivity contribution in [3.8, 4) is 0 Å². The summed E-state index contributed by atoms with van der Waals surface area (Å²) >= 11 is 7.60. The quantitative estimate of drug-likeness (QED) is 0.408. The number of thiocarbonyl (C=S) groups is 1. The van der Waals surface area contributed by atoms with Gasteiger partial charge in [-0.3, -0.25) is 0 Å². The Kier molecular flexibility index (Phi) is 2.68. The van der Waals surface area contributed by atoms with Crippen LogP contribution in [0.25, 0.3) is 0 Å². The number of aromatic nitrogens is 1. The number of hydrogen-bond donors (Lipinski definition) is 0. The summed E-state index contributed by atoms with van der Waals surface area (Å²) in [5.41, 5.74) is 0. The van der Waals surface area contributed by atoms with Crippen LogP contribution < -0.4 is 0 Å². The van der Waals surface area contributed by atoms with Crippen molar-refractivity contribution >= 4 is 39.1 Å². The minimum atomic E-state index is 0.573. The van der Waals surface area contributed by atoms with E-state index in [1.165, 1.54) is 0 Å². The van der Waals surface area contributed by atoms with Gasteiger partial charge in [-0.15, -0.1) is 0 Å². The average Bonchev–Trinajstić information content (AvgIpc) is 1.88. The molecule has 0 N–H and O–H groups in total. The Bertz CT molecular complexity index is 281. The van der Waals surface area contributed by atoms with Crippen LogP contribution >= 0.6 is 28.1 Å². The maximum absolute atomic E-state index is 4.41. The Morgan fingerprint density at radius 2 is 2.40 bits per heavy atom. The fourth-order valence-electron chi connectivity index (χ4n) is 0.507. The molecule has 0 fully saturated rings. The molecular weight excluding hydrogens is 212 g/mol. The second-order valence-electron chi connectivity index (χ2n) is 1.52. The Labute approximate surface area is 72.1 Å². The molecule has 10 heavy (non-hydrogen) atoms. The first-order valence-electron chi connectivity index (χ1n) is 2.53. The molecule has 0 saturated heterocycles. The van der Waals surface area contributed by atoms with E-state index in [4.69, 9.17) is 0 Å². The molecule has 0 spiro atoms. The van der Waals surface area contributed by atoms with E-state index in [1.807, 2.05) is 12.1 Å². The molecular formula is C6H3BrN2S. The Hall–Kier alpha value is -0.570. The molecule has 0 aromatic carbocycles. The maximum atomic E-state index is 4.41. The van der Waals surface area contributed by atoms with Gasteiger partial charge in [0.15, 0.2) is 5.82 Å². The molecule has 2 nitrogen and oxygen atoms in total. The fourth-order valence-corrected chi connectivity index (χ4v) is 0.934. The van der Waals surface area contributed by atoms with Crippen molar-refractivity contribution in [2.75, 3.05) is 0 Å². The predicted octanol–water partition coefficient (Wildman–Crippen LogP) is 2.58. The van der Waals surface area contributed by atoms with Gasteiger partial charge in [-0.05, 0) is 40.3 Å². The summed E-state index contributed by atoms with van der Waals surface area (Å²) in [7, 11) is 0. The monoisotopic (exact) mass is 214 g/mol. The van der Waals surface area contributed by atoms with E-state index < -0.39 is 0 Å². The van der Waals surface area contributed by atoms with E-state index in [0.29, 0.717) is 5.82 Å². The van der Waals surface area contributed by atoms with E-state index in [0.717, 1.165) is 4.60 Å². The van der Waals surface area contributed by atoms with Crippen LogP contribution in [-0.2, 0) is 0 Å². The first-order chi connectivity index (χ1) is 4.83. The molecule has 0 radical (unpaired) electrons. The van der Waals surface area contributed by atoms with Gasteiger partial charge in [-0.1, -0.05) is 6.07 Å². The Morgan fingerprint density at radius 1 is 1.60 bits per heavy atom. The lowest BCUT2D eigenvalue weighted by molar-refractivity contribution is 1.24. The van der Waals surface area contributed by atoms with Crippen LogP contribution in [0.3, 0.4) is 0 Å². The number of pyridine rings is 1. The molecule has 4 heteroatoms. The highest BCUT2D eigenvalue weighted by atomic mass is 79.9. The summed E-state index contributed by atoms with van der Waals surface area (Å²) in [5, 5.41) is 2.24. The SMILES string of the molecule is S=C=Nc1cccc(Br)n1. The molecule has 1 aromatic rings. The molecule has 0 saturated carbocycles. The standard InChI is InChI=1S/C6H3BrN2S/c7-5-2-1-3-6(9-5)8-4-10/h1-3H. The van der Waals surface area contributed by atoms with Crippen molar-refractivity contribution in [2.24, 2.45) is 4.99 Å². The minimum absolute atomic E-state index is 0.573. The van der Waals surface area contributed by atoms with Crippen LogP contribution in [-0.4, -0.2) is 10.1 Å². The van der Waals surface area contributed by atoms with Gasteiger partial charge in [0, 0.05) is 0 Å². The van der Waals surface area contributed by atoms with Gasteiger partial charge in [-0.25, -0.2) is 4.98 Å². The van der Waals surface area contributed by atoms with Crippen molar-refractivity contribution in [2.45, 2.75) is 0 Å². The number of rotatable bonds is 1. The summed E-state index contributed by atoms with van der Waals surface area (Å²) < 4.78 is 0.749. The van der Waals surface area contributed by atoms with Crippen molar-refractivity contribution in [3.63, 3.8) is 0 Å². The van der Waals surface area contributed by atoms with Crippen LogP contribution in [0.15, 0.2) is 27.8 Å². The molecule has 0 atom stereocenters. The molecule has 0 amide bonds. The number of aliphatic imine (C=N–C) groups is 1. The summed E-state index contributed by atoms with van der Waals surface area (Å²) in [6.45, 7) is 0. The molecule has 1 heterocycles. The maximum Gasteiger partial charge on any atom is 0.163 e. The molecule has 0 aliphatic rings. The molecule has 0 aliphatic carbocycles. The zero-order chi connectivity index (χ0) is 7.40. The Balaban J connectivity index is 3.06. The van der Waals surface area contributed by atoms with Crippen LogP contribution in [0.1, 0.15) is 0 Å². The third kappa shape index (κ3) is 1.99. The lowest BCUT2D eigenvalue weighted by Gasteiger charge is -1.88. The van der Waals surface area contributed by atoms with Crippen molar-refractivity contribution in [1.82, 2.24) is 4.98 Å². The van der Waals surface area contributed by atoms with Crippen molar-refractivity contribution in [3.05, 3.63) is 22.8 Å². The number of isothiocyanates is 1. The third-order valence-corrected chi connectivity index (χ3v) is 1.39. The lowest BCUT2D eigenvalue weighted by Crippen LogP contribution is -1.72. The molecule has 1 aromatic heterocycles. The molecule has 0 aliphatic heterocycles. The number of hydrogen-bond acceptors (Lipinski definition) is 3. The smallest absolute Gasteiger partial charge is 0.163 e. The van der Waals surface area contributed by atoms with Gasteiger partial charge >= 0.3 is 0 Å². The number of nitrogens with zero attached hydrogens (tertiary/aromatic N) is 2. The van der Waals surface area contributed by atoms with Crippen LogP contribution in [0.5, 0.6) is 0 Å². The lowest BCUT2D eigenvalue weighted by atomic mass is 10.5. The van der Waals surface area contributed by atoms with Crippen LogP contribution in [0.2, 0.25) is 0 Å². The first kappa shape index (κ1) is 7.54. The summed E-state index contributed by atoms with van der Waals surface area (Å²) in [4.78, 5) is 7.67. The summed E-state index contributed by atoms with van der Waals surface area (Å²) in [6, 6.07) is 5.41. The van der Waals surface area contributed by atoms with E-state index >= 15 is 0 Å². The predicted molar refractivity (Wildman–Crippen MR) is 46.6 cm³/mol. The number of halogens is 1. The zero-order valence-electron chi connectivity index (χ0n) is 4.91. The molecule has 1 rings (SSSR count). The largest absolute Gasteiger partial charge is 0.221 e. The van der Waals surface area contributed by atoms with E-state index in [2.05, 4.69) is 43.3 Å². The molecule has 0 bridgehead atoms. The van der Waals surface area contributed by atoms with Crippen molar-refractivity contribution < 1.29 is 0 Å². The molecule has 0 unspecified atom stereocenters. The normalized spacial score (nSPS) is 8.50. The fraction of sp³-hybridized carbons (Fsp3) is 0. The van der Waals surface area contributed by atoms with Gasteiger partial charge in [0.05, 0.1) is 5.16 Å². The topological polar surface area (TPSA) is 25.2 Å². The second kappa shape index (κ2) is 3.56. The first-order valence-corrected chi connectivity index (χ1v) is 3.73. The highest BCUT2D eigenvalue weighted by Gasteiger charge is 1.88. The Morgan fingerprint density at radius 3 is 3.00 bits per heavy atom. The minimum Gasteiger partial charge on any atom is -0.221 e.